The summed E-state index contributed by atoms with van der Waals surface area (Å²) in [4.78, 5) is 21.1. The average molecular weight is 443 g/mol. The third kappa shape index (κ3) is 3.90. The Kier molecular flexibility index (Phi) is 5.44. The van der Waals surface area contributed by atoms with E-state index in [1.165, 1.54) is 5.56 Å². The number of carbonyl (C=O) groups is 1. The number of hydrogen-bond donors (Lipinski definition) is 0. The van der Waals surface area contributed by atoms with Crippen LogP contribution in [0.15, 0.2) is 36.8 Å². The number of aromatic nitrogens is 3. The van der Waals surface area contributed by atoms with Crippen LogP contribution >= 0.6 is 0 Å². The molecule has 5 rings (SSSR count). The molecule has 8 nitrogen and oxygen atoms in total. The molecule has 0 bridgehead atoms. The fraction of sp³-hybridized carbons (Fsp3) is 0.360. The fourth-order valence-corrected chi connectivity index (χ4v) is 4.75. The number of fused-ring (bicyclic) bond motifs is 1. The average Bonchev–Trinajstić information content (AvgIpc) is 3.43. The van der Waals surface area contributed by atoms with E-state index in [-0.39, 0.29) is 12.0 Å². The standard InChI is InChI=1S/C25H26N6O2/c1-16-8-24(27-11-19(16)9-26)31-13-18(10-28-31)12-30-7-6-29(3)23(14-30)20-4-5-21-22(17(20)2)15-33-25(21)32/h4-5,8,10-11,13,23H,6-7,12,14-15H2,1-3H3/t23-/m0/s1. The van der Waals surface area contributed by atoms with Crippen LogP contribution in [0.2, 0.25) is 0 Å². The quantitative estimate of drug-likeness (QED) is 0.574. The van der Waals surface area contributed by atoms with Gasteiger partial charge >= 0.3 is 5.97 Å². The zero-order chi connectivity index (χ0) is 23.1. The Hall–Kier alpha value is -3.54. The summed E-state index contributed by atoms with van der Waals surface area (Å²) >= 11 is 0. The van der Waals surface area contributed by atoms with Crippen molar-refractivity contribution in [2.45, 2.75) is 33.0 Å². The Morgan fingerprint density at radius 1 is 1.24 bits per heavy atom. The van der Waals surface area contributed by atoms with E-state index < -0.39 is 0 Å². The van der Waals surface area contributed by atoms with Gasteiger partial charge < -0.3 is 4.74 Å². The van der Waals surface area contributed by atoms with E-state index in [9.17, 15) is 4.79 Å². The molecule has 0 spiro atoms. The highest BCUT2D eigenvalue weighted by atomic mass is 16.5. The number of piperazine rings is 1. The zero-order valence-electron chi connectivity index (χ0n) is 19.1. The fourth-order valence-electron chi connectivity index (χ4n) is 4.75. The molecule has 0 unspecified atom stereocenters. The van der Waals surface area contributed by atoms with Crippen LogP contribution in [-0.2, 0) is 17.9 Å². The molecule has 1 fully saturated rings. The van der Waals surface area contributed by atoms with Gasteiger partial charge in [-0.25, -0.2) is 14.5 Å². The highest BCUT2D eigenvalue weighted by Gasteiger charge is 2.30. The van der Waals surface area contributed by atoms with Crippen LogP contribution in [0.25, 0.3) is 5.82 Å². The molecule has 2 aliphatic rings. The third-order valence-electron chi connectivity index (χ3n) is 6.79. The smallest absolute Gasteiger partial charge is 0.338 e. The van der Waals surface area contributed by atoms with Crippen LogP contribution < -0.4 is 0 Å². The van der Waals surface area contributed by atoms with E-state index in [2.05, 4.69) is 46.0 Å². The Balaban J connectivity index is 1.33. The lowest BCUT2D eigenvalue weighted by atomic mass is 9.92. The van der Waals surface area contributed by atoms with E-state index in [1.807, 2.05) is 31.5 Å². The normalized spacial score (nSPS) is 18.7. The summed E-state index contributed by atoms with van der Waals surface area (Å²) in [6.45, 7) is 7.99. The van der Waals surface area contributed by atoms with Crippen molar-refractivity contribution in [2.24, 2.45) is 0 Å². The first-order valence-electron chi connectivity index (χ1n) is 11.1. The van der Waals surface area contributed by atoms with Crippen LogP contribution in [0, 0.1) is 25.2 Å². The number of aryl methyl sites for hydroxylation is 1. The molecular formula is C25H26N6O2. The summed E-state index contributed by atoms with van der Waals surface area (Å²) < 4.78 is 7.00. The van der Waals surface area contributed by atoms with Gasteiger partial charge in [0.25, 0.3) is 0 Å². The summed E-state index contributed by atoms with van der Waals surface area (Å²) in [5.74, 6) is 0.488. The van der Waals surface area contributed by atoms with Crippen LogP contribution in [0.4, 0.5) is 0 Å². The molecule has 168 valence electrons. The molecule has 0 saturated carbocycles. The van der Waals surface area contributed by atoms with E-state index in [0.717, 1.165) is 48.4 Å². The van der Waals surface area contributed by atoms with E-state index >= 15 is 0 Å². The number of pyridine rings is 1. The lowest BCUT2D eigenvalue weighted by Crippen LogP contribution is -2.46. The maximum atomic E-state index is 11.9. The molecule has 0 radical (unpaired) electrons. The number of esters is 1. The number of benzene rings is 1. The molecule has 3 aromatic rings. The van der Waals surface area contributed by atoms with Crippen LogP contribution in [0.5, 0.6) is 0 Å². The molecular weight excluding hydrogens is 416 g/mol. The van der Waals surface area contributed by atoms with Gasteiger partial charge in [0.2, 0.25) is 0 Å². The van der Waals surface area contributed by atoms with Gasteiger partial charge in [-0.3, -0.25) is 9.80 Å². The second kappa shape index (κ2) is 8.43. The van der Waals surface area contributed by atoms with E-state index in [0.29, 0.717) is 23.6 Å². The van der Waals surface area contributed by atoms with Crippen molar-refractivity contribution >= 4 is 5.97 Å². The highest BCUT2D eigenvalue weighted by molar-refractivity contribution is 5.94. The first-order chi connectivity index (χ1) is 15.9. The molecule has 2 aliphatic heterocycles. The molecule has 1 saturated heterocycles. The zero-order valence-corrected chi connectivity index (χ0v) is 19.1. The summed E-state index contributed by atoms with van der Waals surface area (Å²) in [5, 5.41) is 13.6. The number of ether oxygens (including phenoxy) is 1. The Morgan fingerprint density at radius 2 is 2.09 bits per heavy atom. The molecule has 2 aromatic heterocycles. The highest BCUT2D eigenvalue weighted by Crippen LogP contribution is 2.33. The van der Waals surface area contributed by atoms with Gasteiger partial charge in [-0.1, -0.05) is 6.07 Å². The van der Waals surface area contributed by atoms with E-state index in [4.69, 9.17) is 10.00 Å². The van der Waals surface area contributed by atoms with Crippen molar-refractivity contribution in [2.75, 3.05) is 26.7 Å². The first-order valence-corrected chi connectivity index (χ1v) is 11.1. The van der Waals surface area contributed by atoms with Gasteiger partial charge in [0.05, 0.1) is 17.3 Å². The Bertz CT molecular complexity index is 1270. The minimum Gasteiger partial charge on any atom is -0.457 e. The maximum absolute atomic E-state index is 11.9. The Morgan fingerprint density at radius 3 is 2.88 bits per heavy atom. The van der Waals surface area contributed by atoms with Gasteiger partial charge in [0, 0.05) is 55.7 Å². The van der Waals surface area contributed by atoms with Crippen molar-refractivity contribution in [1.82, 2.24) is 24.6 Å². The molecule has 8 heteroatoms. The lowest BCUT2D eigenvalue weighted by Gasteiger charge is -2.40. The van der Waals surface area contributed by atoms with Crippen molar-refractivity contribution in [3.05, 3.63) is 75.7 Å². The van der Waals surface area contributed by atoms with Crippen LogP contribution in [0.1, 0.15) is 49.8 Å². The van der Waals surface area contributed by atoms with Gasteiger partial charge in [-0.2, -0.15) is 10.4 Å². The lowest BCUT2D eigenvalue weighted by molar-refractivity contribution is 0.0535. The van der Waals surface area contributed by atoms with Crippen molar-refractivity contribution in [1.29, 1.82) is 5.26 Å². The summed E-state index contributed by atoms with van der Waals surface area (Å²) in [6.07, 6.45) is 5.48. The minimum atomic E-state index is -0.220. The molecule has 0 amide bonds. The molecule has 33 heavy (non-hydrogen) atoms. The molecule has 0 N–H and O–H groups in total. The predicted octanol–water partition coefficient (Wildman–Crippen LogP) is 2.91. The predicted molar refractivity (Wildman–Crippen MR) is 122 cm³/mol. The van der Waals surface area contributed by atoms with Gasteiger partial charge in [0.15, 0.2) is 5.82 Å². The van der Waals surface area contributed by atoms with Crippen molar-refractivity contribution < 1.29 is 9.53 Å². The second-order valence-corrected chi connectivity index (χ2v) is 8.88. The number of rotatable bonds is 4. The molecule has 1 atom stereocenters. The number of likely N-dealkylation sites (N-methyl/N-ethyl adjacent to an activating group) is 1. The molecule has 4 heterocycles. The van der Waals surface area contributed by atoms with E-state index in [1.54, 1.807) is 10.9 Å². The van der Waals surface area contributed by atoms with Crippen LogP contribution in [-0.4, -0.2) is 57.2 Å². The first kappa shape index (κ1) is 21.3. The summed E-state index contributed by atoms with van der Waals surface area (Å²) in [7, 11) is 2.16. The molecule has 0 aliphatic carbocycles. The minimum absolute atomic E-state index is 0.220. The number of cyclic esters (lactones) is 1. The van der Waals surface area contributed by atoms with Crippen LogP contribution in [0.3, 0.4) is 0 Å². The summed E-state index contributed by atoms with van der Waals surface area (Å²) in [6, 6.07) is 8.28. The number of carbonyl (C=O) groups excluding carboxylic acids is 1. The Labute approximate surface area is 193 Å². The topological polar surface area (TPSA) is 87.3 Å². The van der Waals surface area contributed by atoms with Crippen molar-refractivity contribution in [3.63, 3.8) is 0 Å². The maximum Gasteiger partial charge on any atom is 0.338 e. The van der Waals surface area contributed by atoms with Crippen molar-refractivity contribution in [3.8, 4) is 11.9 Å². The van der Waals surface area contributed by atoms with Gasteiger partial charge in [0.1, 0.15) is 12.7 Å². The largest absolute Gasteiger partial charge is 0.457 e. The third-order valence-corrected chi connectivity index (χ3v) is 6.79. The second-order valence-electron chi connectivity index (χ2n) is 8.88. The SMILES string of the molecule is Cc1cc(-n2cc(CN3CCN(C)[C@H](c4ccc5c(c4C)COC5=O)C3)cn2)ncc1C#N. The number of nitrogens with zero attached hydrogens (tertiary/aromatic N) is 6. The molecule has 1 aromatic carbocycles. The van der Waals surface area contributed by atoms with Gasteiger partial charge in [-0.15, -0.1) is 0 Å². The number of hydrogen-bond acceptors (Lipinski definition) is 7. The summed E-state index contributed by atoms with van der Waals surface area (Å²) in [5.41, 5.74) is 6.72. The monoisotopic (exact) mass is 442 g/mol. The number of nitriles is 1. The van der Waals surface area contributed by atoms with Gasteiger partial charge in [-0.05, 0) is 49.7 Å².